The van der Waals surface area contributed by atoms with Crippen molar-refractivity contribution in [1.82, 2.24) is 10.3 Å². The molecule has 1 amide bonds. The molecule has 7 heteroatoms. The first kappa shape index (κ1) is 18.6. The number of carbonyl (C=O) groups excluding carboxylic acids is 1. The zero-order chi connectivity index (χ0) is 19.4. The molecular weight excluding hydrogens is 351 g/mol. The molecule has 2 heterocycles. The van der Waals surface area contributed by atoms with Crippen molar-refractivity contribution in [2.75, 3.05) is 0 Å². The number of aromatic nitrogens is 1. The Morgan fingerprint density at radius 2 is 1.96 bits per heavy atom. The van der Waals surface area contributed by atoms with E-state index in [-0.39, 0.29) is 23.8 Å². The Morgan fingerprint density at radius 1 is 1.22 bits per heavy atom. The van der Waals surface area contributed by atoms with Crippen LogP contribution >= 0.6 is 0 Å². The van der Waals surface area contributed by atoms with E-state index in [1.165, 1.54) is 30.5 Å². The summed E-state index contributed by atoms with van der Waals surface area (Å²) in [5.41, 5.74) is -0.863. The number of carbonyl (C=O) groups is 1. The molecule has 0 saturated heterocycles. The van der Waals surface area contributed by atoms with Gasteiger partial charge < -0.3 is 19.6 Å². The summed E-state index contributed by atoms with van der Waals surface area (Å²) in [5.74, 6) is 0.605. The predicted octanol–water partition coefficient (Wildman–Crippen LogP) is 3.76. The molecule has 3 rings (SSSR count). The minimum atomic E-state index is -1.10. The van der Waals surface area contributed by atoms with Crippen LogP contribution in [-0.2, 0) is 12.1 Å². The first-order valence-electron chi connectivity index (χ1n) is 8.31. The Morgan fingerprint density at radius 3 is 2.63 bits per heavy atom. The maximum atomic E-state index is 13.0. The highest BCUT2D eigenvalue weighted by molar-refractivity contribution is 5.96. The maximum Gasteiger partial charge on any atom is 0.257 e. The summed E-state index contributed by atoms with van der Waals surface area (Å²) >= 11 is 0. The molecule has 1 aromatic carbocycles. The van der Waals surface area contributed by atoms with Gasteiger partial charge in [0.15, 0.2) is 0 Å². The molecule has 0 aliphatic heterocycles. The van der Waals surface area contributed by atoms with Crippen molar-refractivity contribution in [2.24, 2.45) is 0 Å². The van der Waals surface area contributed by atoms with E-state index in [0.29, 0.717) is 17.3 Å². The fraction of sp³-hybridized carbons (Fsp3) is 0.200. The van der Waals surface area contributed by atoms with Crippen LogP contribution in [0.4, 0.5) is 4.39 Å². The number of hydrogen-bond acceptors (Lipinski definition) is 5. The van der Waals surface area contributed by atoms with Crippen LogP contribution < -0.4 is 10.1 Å². The number of rotatable bonds is 6. The normalized spacial score (nSPS) is 11.3. The summed E-state index contributed by atoms with van der Waals surface area (Å²) in [4.78, 5) is 16.6. The van der Waals surface area contributed by atoms with Gasteiger partial charge >= 0.3 is 0 Å². The molecule has 2 N–H and O–H groups in total. The molecule has 3 aromatic rings. The Bertz CT molecular complexity index is 930. The Kier molecular flexibility index (Phi) is 5.23. The molecule has 0 unspecified atom stereocenters. The number of nitrogens with one attached hydrogen (secondary N) is 1. The highest BCUT2D eigenvalue weighted by Gasteiger charge is 2.21. The van der Waals surface area contributed by atoms with Crippen LogP contribution in [-0.4, -0.2) is 16.0 Å². The third-order valence-corrected chi connectivity index (χ3v) is 3.73. The summed E-state index contributed by atoms with van der Waals surface area (Å²) in [5, 5.41) is 12.6. The van der Waals surface area contributed by atoms with Gasteiger partial charge in [0, 0.05) is 6.20 Å². The van der Waals surface area contributed by atoms with Gasteiger partial charge in [0.05, 0.1) is 6.54 Å². The van der Waals surface area contributed by atoms with Crippen molar-refractivity contribution in [1.29, 1.82) is 0 Å². The maximum absolute atomic E-state index is 13.0. The van der Waals surface area contributed by atoms with Crippen LogP contribution in [0.3, 0.4) is 0 Å². The van der Waals surface area contributed by atoms with Gasteiger partial charge in [-0.3, -0.25) is 4.79 Å². The van der Waals surface area contributed by atoms with Gasteiger partial charge in [0.1, 0.15) is 34.3 Å². The molecule has 0 atom stereocenters. The quantitative estimate of drug-likeness (QED) is 0.690. The second-order valence-corrected chi connectivity index (χ2v) is 6.42. The molecular formula is C20H19FN2O4. The first-order valence-corrected chi connectivity index (χ1v) is 8.31. The van der Waals surface area contributed by atoms with Crippen molar-refractivity contribution in [3.8, 4) is 11.6 Å². The molecule has 0 saturated carbocycles. The topological polar surface area (TPSA) is 84.6 Å². The number of aliphatic hydroxyl groups is 1. The number of hydrogen-bond donors (Lipinski definition) is 2. The summed E-state index contributed by atoms with van der Waals surface area (Å²) in [6, 6.07) is 12.0. The lowest BCUT2D eigenvalue weighted by atomic mass is 10.1. The summed E-state index contributed by atoms with van der Waals surface area (Å²) in [7, 11) is 0. The number of halogens is 1. The zero-order valence-electron chi connectivity index (χ0n) is 14.9. The first-order chi connectivity index (χ1) is 12.8. The lowest BCUT2D eigenvalue weighted by molar-refractivity contribution is 0.0527. The van der Waals surface area contributed by atoms with Crippen molar-refractivity contribution < 1.29 is 23.4 Å². The van der Waals surface area contributed by atoms with Gasteiger partial charge in [-0.05, 0) is 62.4 Å². The van der Waals surface area contributed by atoms with Gasteiger partial charge in [0.25, 0.3) is 5.91 Å². The second kappa shape index (κ2) is 7.59. The molecule has 140 valence electrons. The van der Waals surface area contributed by atoms with Gasteiger partial charge in [-0.1, -0.05) is 0 Å². The van der Waals surface area contributed by atoms with Crippen LogP contribution in [0.2, 0.25) is 0 Å². The number of ether oxygens (including phenoxy) is 1. The average molecular weight is 370 g/mol. The molecule has 0 bridgehead atoms. The van der Waals surface area contributed by atoms with Crippen LogP contribution in [0.1, 0.15) is 35.7 Å². The summed E-state index contributed by atoms with van der Waals surface area (Å²) in [6.07, 6.45) is 1.50. The standard InChI is InChI=1S/C20H19FN2O4/c1-20(2,25)17-10-9-15(26-17)12-23-18(24)16-4-3-11-22-19(16)27-14-7-5-13(21)6-8-14/h3-11,25H,12H2,1-2H3,(H,23,24). The van der Waals surface area contributed by atoms with Crippen LogP contribution in [0, 0.1) is 5.82 Å². The minimum Gasteiger partial charge on any atom is -0.461 e. The number of nitrogens with zero attached hydrogens (tertiary/aromatic N) is 1. The highest BCUT2D eigenvalue weighted by atomic mass is 19.1. The average Bonchev–Trinajstić information content (AvgIpc) is 3.12. The van der Waals surface area contributed by atoms with E-state index < -0.39 is 11.5 Å². The third kappa shape index (κ3) is 4.71. The fourth-order valence-electron chi connectivity index (χ4n) is 2.32. The molecule has 0 fully saturated rings. The van der Waals surface area contributed by atoms with E-state index >= 15 is 0 Å². The lowest BCUT2D eigenvalue weighted by Crippen LogP contribution is -2.23. The van der Waals surface area contributed by atoms with Crippen molar-refractivity contribution in [2.45, 2.75) is 26.0 Å². The van der Waals surface area contributed by atoms with Gasteiger partial charge in [-0.25, -0.2) is 9.37 Å². The molecule has 2 aromatic heterocycles. The summed E-state index contributed by atoms with van der Waals surface area (Å²) in [6.45, 7) is 3.37. The molecule has 27 heavy (non-hydrogen) atoms. The number of benzene rings is 1. The number of furan rings is 1. The zero-order valence-corrected chi connectivity index (χ0v) is 14.9. The van der Waals surface area contributed by atoms with E-state index in [4.69, 9.17) is 9.15 Å². The van der Waals surface area contributed by atoms with Crippen molar-refractivity contribution in [3.63, 3.8) is 0 Å². The molecule has 6 nitrogen and oxygen atoms in total. The van der Waals surface area contributed by atoms with Gasteiger partial charge in [-0.2, -0.15) is 0 Å². The predicted molar refractivity (Wildman–Crippen MR) is 95.8 cm³/mol. The Hall–Kier alpha value is -3.19. The lowest BCUT2D eigenvalue weighted by Gasteiger charge is -2.13. The second-order valence-electron chi connectivity index (χ2n) is 6.42. The monoisotopic (exact) mass is 370 g/mol. The Balaban J connectivity index is 1.70. The SMILES string of the molecule is CC(C)(O)c1ccc(CNC(=O)c2cccnc2Oc2ccc(F)cc2)o1. The fourth-order valence-corrected chi connectivity index (χ4v) is 2.32. The molecule has 0 aliphatic rings. The van der Waals surface area contributed by atoms with Crippen LogP contribution in [0.15, 0.2) is 59.1 Å². The minimum absolute atomic E-state index is 0.109. The molecule has 0 radical (unpaired) electrons. The highest BCUT2D eigenvalue weighted by Crippen LogP contribution is 2.24. The van der Waals surface area contributed by atoms with Gasteiger partial charge in [0.2, 0.25) is 5.88 Å². The molecule has 0 aliphatic carbocycles. The van der Waals surface area contributed by atoms with Gasteiger partial charge in [-0.15, -0.1) is 0 Å². The van der Waals surface area contributed by atoms with E-state index in [1.807, 2.05) is 0 Å². The van der Waals surface area contributed by atoms with E-state index in [1.54, 1.807) is 38.1 Å². The van der Waals surface area contributed by atoms with E-state index in [0.717, 1.165) is 0 Å². The third-order valence-electron chi connectivity index (χ3n) is 3.73. The summed E-state index contributed by atoms with van der Waals surface area (Å²) < 4.78 is 24.1. The Labute approximate surface area is 155 Å². The van der Waals surface area contributed by atoms with E-state index in [2.05, 4.69) is 10.3 Å². The smallest absolute Gasteiger partial charge is 0.257 e. The number of amides is 1. The van der Waals surface area contributed by atoms with Crippen LogP contribution in [0.5, 0.6) is 11.6 Å². The van der Waals surface area contributed by atoms with Crippen molar-refractivity contribution >= 4 is 5.91 Å². The molecule has 0 spiro atoms. The van der Waals surface area contributed by atoms with Crippen molar-refractivity contribution in [3.05, 3.63) is 77.6 Å². The van der Waals surface area contributed by atoms with E-state index in [9.17, 15) is 14.3 Å². The number of pyridine rings is 1. The van der Waals surface area contributed by atoms with Crippen LogP contribution in [0.25, 0.3) is 0 Å². The largest absolute Gasteiger partial charge is 0.461 e.